The van der Waals surface area contributed by atoms with Gasteiger partial charge in [0.15, 0.2) is 10.8 Å². The van der Waals surface area contributed by atoms with Crippen LogP contribution in [0.3, 0.4) is 0 Å². The van der Waals surface area contributed by atoms with E-state index in [-0.39, 0.29) is 5.91 Å². The predicted molar refractivity (Wildman–Crippen MR) is 118 cm³/mol. The molecule has 9 nitrogen and oxygen atoms in total. The molecule has 5 rings (SSSR count). The Balaban J connectivity index is 1.43. The molecule has 10 heteroatoms. The van der Waals surface area contributed by atoms with Crippen LogP contribution in [0.15, 0.2) is 24.5 Å². The third-order valence-corrected chi connectivity index (χ3v) is 6.93. The summed E-state index contributed by atoms with van der Waals surface area (Å²) in [5.41, 5.74) is 9.46. The van der Waals surface area contributed by atoms with Crippen LogP contribution in [-0.2, 0) is 24.7 Å². The molecule has 2 aliphatic rings. The van der Waals surface area contributed by atoms with Crippen LogP contribution >= 0.6 is 11.3 Å². The van der Waals surface area contributed by atoms with E-state index < -0.39 is 5.91 Å². The van der Waals surface area contributed by atoms with Crippen LogP contribution in [0.2, 0.25) is 0 Å². The summed E-state index contributed by atoms with van der Waals surface area (Å²) < 4.78 is 13.9. The molecule has 32 heavy (non-hydrogen) atoms. The molecule has 1 aliphatic heterocycles. The lowest BCUT2D eigenvalue weighted by Gasteiger charge is -2.18. The van der Waals surface area contributed by atoms with E-state index in [0.29, 0.717) is 47.6 Å². The molecule has 1 saturated heterocycles. The zero-order valence-electron chi connectivity index (χ0n) is 17.7. The van der Waals surface area contributed by atoms with Crippen molar-refractivity contribution >= 4 is 23.2 Å². The van der Waals surface area contributed by atoms with Crippen molar-refractivity contribution in [2.45, 2.75) is 25.7 Å². The number of carbonyl (C=O) groups excluding carboxylic acids is 2. The maximum absolute atomic E-state index is 12.1. The van der Waals surface area contributed by atoms with Crippen molar-refractivity contribution in [3.63, 3.8) is 0 Å². The zero-order valence-corrected chi connectivity index (χ0v) is 18.5. The van der Waals surface area contributed by atoms with E-state index in [1.807, 2.05) is 13.2 Å². The first-order valence-electron chi connectivity index (χ1n) is 10.5. The quantitative estimate of drug-likeness (QED) is 0.588. The average molecular weight is 454 g/mol. The van der Waals surface area contributed by atoms with Crippen molar-refractivity contribution in [1.82, 2.24) is 19.7 Å². The first-order chi connectivity index (χ1) is 15.5. The van der Waals surface area contributed by atoms with Crippen LogP contribution in [0.4, 0.5) is 0 Å². The molecule has 1 fully saturated rings. The monoisotopic (exact) mass is 453 g/mol. The summed E-state index contributed by atoms with van der Waals surface area (Å²) in [6.45, 7) is 1.59. The number of hydrogen-bond donors (Lipinski definition) is 1. The van der Waals surface area contributed by atoms with Crippen molar-refractivity contribution in [3.8, 4) is 28.0 Å². The Labute approximate surface area is 188 Å². The van der Waals surface area contributed by atoms with E-state index in [9.17, 15) is 9.59 Å². The Morgan fingerprint density at radius 3 is 2.97 bits per heavy atom. The van der Waals surface area contributed by atoms with E-state index in [4.69, 9.17) is 15.2 Å². The maximum Gasteiger partial charge on any atom is 0.259 e. The van der Waals surface area contributed by atoms with Gasteiger partial charge in [-0.1, -0.05) is 11.3 Å². The highest BCUT2D eigenvalue weighted by Gasteiger charge is 2.31. The number of nitrogens with two attached hydrogens (primary N) is 1. The molecule has 0 radical (unpaired) electrons. The fourth-order valence-electron chi connectivity index (χ4n) is 4.29. The largest absolute Gasteiger partial charge is 0.473 e. The number of thiophene rings is 1. The molecule has 0 unspecified atom stereocenters. The minimum atomic E-state index is -0.468. The minimum absolute atomic E-state index is 0.155. The van der Waals surface area contributed by atoms with Crippen LogP contribution in [-0.4, -0.2) is 51.2 Å². The van der Waals surface area contributed by atoms with Gasteiger partial charge in [-0.25, -0.2) is 4.98 Å². The van der Waals surface area contributed by atoms with Crippen molar-refractivity contribution in [3.05, 3.63) is 40.5 Å². The smallest absolute Gasteiger partial charge is 0.259 e. The number of likely N-dealkylation sites (tertiary alicyclic amines) is 1. The highest BCUT2D eigenvalue weighted by molar-refractivity contribution is 7.16. The second-order valence-corrected chi connectivity index (χ2v) is 8.80. The number of hydrogen-bond acceptors (Lipinski definition) is 7. The van der Waals surface area contributed by atoms with Crippen molar-refractivity contribution in [1.29, 1.82) is 0 Å². The Morgan fingerprint density at radius 2 is 2.19 bits per heavy atom. The lowest BCUT2D eigenvalue weighted by Crippen LogP contribution is -2.29. The van der Waals surface area contributed by atoms with Gasteiger partial charge in [-0.2, -0.15) is 5.10 Å². The Bertz CT molecular complexity index is 1200. The third kappa shape index (κ3) is 3.60. The molecule has 3 aromatic rings. The number of fused-ring (bicyclic) bond motifs is 3. The highest BCUT2D eigenvalue weighted by Crippen LogP contribution is 2.49. The molecule has 0 aromatic carbocycles. The summed E-state index contributed by atoms with van der Waals surface area (Å²) in [4.78, 5) is 30.5. The molecular weight excluding hydrogens is 430 g/mol. The lowest BCUT2D eigenvalue weighted by atomic mass is 9.91. The summed E-state index contributed by atoms with van der Waals surface area (Å²) in [6, 6.07) is 3.53. The molecule has 0 bridgehead atoms. The van der Waals surface area contributed by atoms with Crippen molar-refractivity contribution in [2.24, 2.45) is 12.8 Å². The number of aryl methyl sites for hydroxylation is 2. The van der Waals surface area contributed by atoms with E-state index in [1.54, 1.807) is 27.9 Å². The molecule has 0 spiro atoms. The Kier molecular flexibility index (Phi) is 5.30. The van der Waals surface area contributed by atoms with E-state index in [1.165, 1.54) is 11.3 Å². The maximum atomic E-state index is 12.1. The van der Waals surface area contributed by atoms with Crippen LogP contribution in [0.5, 0.6) is 16.7 Å². The normalized spacial score (nSPS) is 14.9. The first kappa shape index (κ1) is 20.5. The van der Waals surface area contributed by atoms with Crippen molar-refractivity contribution in [2.75, 3.05) is 19.7 Å². The van der Waals surface area contributed by atoms with Gasteiger partial charge in [0, 0.05) is 26.2 Å². The molecule has 2 amide bonds. The van der Waals surface area contributed by atoms with Crippen LogP contribution in [0.1, 0.15) is 33.6 Å². The number of rotatable bonds is 7. The van der Waals surface area contributed by atoms with Crippen molar-refractivity contribution < 1.29 is 19.1 Å². The number of aromatic nitrogens is 3. The van der Waals surface area contributed by atoms with Gasteiger partial charge in [0.1, 0.15) is 6.61 Å². The van der Waals surface area contributed by atoms with Crippen LogP contribution in [0.25, 0.3) is 11.3 Å². The summed E-state index contributed by atoms with van der Waals surface area (Å²) in [5.74, 6) is 0.462. The number of carbonyl (C=O) groups is 2. The van der Waals surface area contributed by atoms with Gasteiger partial charge in [-0.15, -0.1) is 0 Å². The SMILES string of the molecule is Cn1ncc2c1-c1c(Oc3cccnc3OCCN3CCCC3=O)sc(C(N)=O)c1CC2. The van der Waals surface area contributed by atoms with Crippen LogP contribution < -0.4 is 15.2 Å². The standard InChI is InChI=1S/C22H23N5O4S/c1-26-18-13(12-25-26)6-7-14-17(18)22(32-19(14)20(23)29)31-15-4-2-8-24-21(15)30-11-10-27-9-3-5-16(27)28/h2,4,8,12H,3,5-7,9-11H2,1H3,(H2,23,29). The fourth-order valence-corrected chi connectivity index (χ4v) is 5.36. The summed E-state index contributed by atoms with van der Waals surface area (Å²) in [5, 5.41) is 4.94. The zero-order chi connectivity index (χ0) is 22.2. The topological polar surface area (TPSA) is 113 Å². The number of pyridine rings is 1. The highest BCUT2D eigenvalue weighted by atomic mass is 32.1. The first-order valence-corrected chi connectivity index (χ1v) is 11.3. The molecule has 4 heterocycles. The molecule has 1 aliphatic carbocycles. The van der Waals surface area contributed by atoms with Gasteiger partial charge in [-0.3, -0.25) is 14.3 Å². The number of nitrogens with zero attached hydrogens (tertiary/aromatic N) is 4. The molecule has 3 aromatic heterocycles. The average Bonchev–Trinajstić information content (AvgIpc) is 3.47. The second kappa shape index (κ2) is 8.27. The molecule has 2 N–H and O–H groups in total. The van der Waals surface area contributed by atoms with Gasteiger partial charge < -0.3 is 20.1 Å². The molecule has 0 atom stereocenters. The predicted octanol–water partition coefficient (Wildman–Crippen LogP) is 2.53. The third-order valence-electron chi connectivity index (χ3n) is 5.80. The molecule has 166 valence electrons. The number of amides is 2. The van der Waals surface area contributed by atoms with Crippen LogP contribution in [0, 0.1) is 0 Å². The summed E-state index contributed by atoms with van der Waals surface area (Å²) in [7, 11) is 1.87. The van der Waals surface area contributed by atoms with E-state index in [2.05, 4.69) is 10.1 Å². The van der Waals surface area contributed by atoms with Gasteiger partial charge in [0.05, 0.1) is 28.9 Å². The Morgan fingerprint density at radius 1 is 1.31 bits per heavy atom. The molecular formula is C22H23N5O4S. The number of ether oxygens (including phenoxy) is 2. The van der Waals surface area contributed by atoms with E-state index >= 15 is 0 Å². The lowest BCUT2D eigenvalue weighted by molar-refractivity contribution is -0.128. The summed E-state index contributed by atoms with van der Waals surface area (Å²) in [6.07, 6.45) is 6.46. The molecule has 0 saturated carbocycles. The van der Waals surface area contributed by atoms with Gasteiger partial charge in [-0.05, 0) is 42.5 Å². The van der Waals surface area contributed by atoms with Gasteiger partial charge in [0.2, 0.25) is 5.91 Å². The minimum Gasteiger partial charge on any atom is -0.473 e. The van der Waals surface area contributed by atoms with Gasteiger partial charge in [0.25, 0.3) is 11.8 Å². The van der Waals surface area contributed by atoms with Gasteiger partial charge >= 0.3 is 0 Å². The van der Waals surface area contributed by atoms with E-state index in [0.717, 1.165) is 41.8 Å². The fraction of sp³-hybridized carbons (Fsp3) is 0.364. The second-order valence-electron chi connectivity index (χ2n) is 7.82. The Hall–Kier alpha value is -3.40. The summed E-state index contributed by atoms with van der Waals surface area (Å²) >= 11 is 1.23. The number of primary amides is 1.